The summed E-state index contributed by atoms with van der Waals surface area (Å²) in [7, 11) is 0. The third-order valence-electron chi connectivity index (χ3n) is 2.01. The first-order chi connectivity index (χ1) is 7.47. The first-order valence-corrected chi connectivity index (χ1v) is 6.24. The first-order valence-electron chi connectivity index (χ1n) is 6.24. The molecule has 1 heteroatoms. The number of fused-ring (bicyclic) bond motifs is 1. The van der Waals surface area contributed by atoms with Crippen LogP contribution in [0.3, 0.4) is 0 Å². The molecule has 1 aliphatic rings. The summed E-state index contributed by atoms with van der Waals surface area (Å²) in [4.78, 5) is 0. The average molecular weight is 296 g/mol. The molecule has 0 atom stereocenters. The topological polar surface area (TPSA) is 0 Å². The Hall–Kier alpha value is 0.324. The molecule has 16 heavy (non-hydrogen) atoms. The van der Waals surface area contributed by atoms with Gasteiger partial charge in [0.25, 0.3) is 0 Å². The Labute approximate surface area is 128 Å². The summed E-state index contributed by atoms with van der Waals surface area (Å²) in [5.41, 5.74) is 3.13. The van der Waals surface area contributed by atoms with Crippen molar-refractivity contribution in [3.05, 3.63) is 42.3 Å². The third kappa shape index (κ3) is 8.47. The molecule has 1 radical (unpaired) electrons. The van der Waals surface area contributed by atoms with Gasteiger partial charge in [0, 0.05) is 32.7 Å². The van der Waals surface area contributed by atoms with Crippen LogP contribution in [0.1, 0.15) is 52.2 Å². The molecule has 1 aliphatic carbocycles. The molecule has 0 heterocycles. The Bertz CT molecular complexity index is 195. The largest absolute Gasteiger partial charge is 0.346 e. The molecule has 0 N–H and O–H groups in total. The molecule has 0 saturated heterocycles. The van der Waals surface area contributed by atoms with Crippen molar-refractivity contribution < 1.29 is 32.7 Å². The van der Waals surface area contributed by atoms with Crippen LogP contribution >= 0.6 is 0 Å². The predicted molar refractivity (Wildman–Crippen MR) is 72.2 cm³/mol. The normalized spacial score (nSPS) is 9.88. The smallest absolute Gasteiger partial charge is 0 e. The molecule has 0 amide bonds. The molecule has 0 nitrogen and oxygen atoms in total. The van der Waals surface area contributed by atoms with E-state index in [0.717, 1.165) is 0 Å². The molecule has 0 aromatic heterocycles. The Balaban J connectivity index is -0.000000214. The Kier molecular flexibility index (Phi) is 23.9. The van der Waals surface area contributed by atoms with Gasteiger partial charge in [-0.15, -0.1) is 0 Å². The van der Waals surface area contributed by atoms with Crippen molar-refractivity contribution in [3.63, 3.8) is 0 Å². The predicted octanol–water partition coefficient (Wildman–Crippen LogP) is 5.07. The second kappa shape index (κ2) is 17.7. The monoisotopic (exact) mass is 296 g/mol. The third-order valence-corrected chi connectivity index (χ3v) is 2.01. The maximum absolute atomic E-state index is 3.25. The fourth-order valence-corrected chi connectivity index (χ4v) is 1.51. The van der Waals surface area contributed by atoms with E-state index in [9.17, 15) is 0 Å². The van der Waals surface area contributed by atoms with E-state index in [1.54, 1.807) is 18.1 Å². The molecule has 91 valence electrons. The van der Waals surface area contributed by atoms with E-state index in [1.807, 2.05) is 27.7 Å². The number of hydrogen-bond donors (Lipinski definition) is 0. The van der Waals surface area contributed by atoms with E-state index in [2.05, 4.69) is 31.2 Å². The van der Waals surface area contributed by atoms with Gasteiger partial charge in [-0.05, 0) is 30.4 Å². The van der Waals surface area contributed by atoms with Crippen molar-refractivity contribution >= 4 is 0 Å². The molecule has 1 aromatic carbocycles. The van der Waals surface area contributed by atoms with Crippen LogP contribution in [0.5, 0.6) is 0 Å². The Morgan fingerprint density at radius 1 is 0.812 bits per heavy atom. The summed E-state index contributed by atoms with van der Waals surface area (Å²) < 4.78 is 0. The minimum Gasteiger partial charge on any atom is -0.346 e. The minimum absolute atomic E-state index is 0. The zero-order chi connectivity index (χ0) is 12.1. The van der Waals surface area contributed by atoms with E-state index >= 15 is 0 Å². The molecular formula is C15H27Y-. The standard InChI is InChI=1S/C9H10.2C2H6.C2H5.Y/c1-2-5-9-7-3-6-8(9)4-1;3*1-2;/h1-2,4-5H,3,6-7H2;2*1-2H3;1H2,2H3;/q;;;-1;. The fraction of sp³-hybridized carbons (Fsp3) is 0.533. The van der Waals surface area contributed by atoms with Gasteiger partial charge in [0.15, 0.2) is 0 Å². The zero-order valence-electron chi connectivity index (χ0n) is 11.7. The van der Waals surface area contributed by atoms with Gasteiger partial charge in [-0.3, -0.25) is 0 Å². The van der Waals surface area contributed by atoms with E-state index < -0.39 is 0 Å². The molecule has 0 aliphatic heterocycles. The van der Waals surface area contributed by atoms with E-state index in [0.29, 0.717) is 0 Å². The van der Waals surface area contributed by atoms with Crippen molar-refractivity contribution in [1.82, 2.24) is 0 Å². The first kappa shape index (κ1) is 21.6. The zero-order valence-corrected chi connectivity index (χ0v) is 14.6. The summed E-state index contributed by atoms with van der Waals surface area (Å²) in [6.07, 6.45) is 3.96. The van der Waals surface area contributed by atoms with Crippen molar-refractivity contribution in [2.45, 2.75) is 53.9 Å². The number of hydrogen-bond acceptors (Lipinski definition) is 0. The molecule has 1 aromatic rings. The van der Waals surface area contributed by atoms with Gasteiger partial charge in [-0.2, -0.15) is 6.92 Å². The van der Waals surface area contributed by atoms with E-state index in [4.69, 9.17) is 0 Å². The van der Waals surface area contributed by atoms with Crippen LogP contribution in [0.2, 0.25) is 0 Å². The van der Waals surface area contributed by atoms with Crippen LogP contribution in [0.4, 0.5) is 0 Å². The number of aryl methyl sites for hydroxylation is 2. The van der Waals surface area contributed by atoms with Crippen molar-refractivity contribution in [1.29, 1.82) is 0 Å². The van der Waals surface area contributed by atoms with E-state index in [1.165, 1.54) is 19.3 Å². The molecule has 0 unspecified atom stereocenters. The molecule has 2 rings (SSSR count). The maximum Gasteiger partial charge on any atom is 0 e. The van der Waals surface area contributed by atoms with Gasteiger partial charge in [0.1, 0.15) is 0 Å². The fourth-order valence-electron chi connectivity index (χ4n) is 1.51. The van der Waals surface area contributed by atoms with Gasteiger partial charge < -0.3 is 6.92 Å². The van der Waals surface area contributed by atoms with Crippen LogP contribution < -0.4 is 0 Å². The minimum atomic E-state index is 0. The molecule has 0 fully saturated rings. The van der Waals surface area contributed by atoms with Gasteiger partial charge in [0.2, 0.25) is 0 Å². The second-order valence-electron chi connectivity index (χ2n) is 2.62. The quantitative estimate of drug-likeness (QED) is 0.587. The van der Waals surface area contributed by atoms with Gasteiger partial charge >= 0.3 is 0 Å². The van der Waals surface area contributed by atoms with Crippen molar-refractivity contribution in [3.8, 4) is 0 Å². The molecule has 0 saturated carbocycles. The summed E-state index contributed by atoms with van der Waals surface area (Å²) in [5, 5.41) is 0. The molecule has 0 bridgehead atoms. The van der Waals surface area contributed by atoms with Gasteiger partial charge in [-0.25, -0.2) is 0 Å². The summed E-state index contributed by atoms with van der Waals surface area (Å²) in [5.74, 6) is 0. The molecular weight excluding hydrogens is 269 g/mol. The van der Waals surface area contributed by atoms with Gasteiger partial charge in [0.05, 0.1) is 0 Å². The SMILES string of the molecule is CC.CC.[CH2-]C.[Y].c1ccc2c(c1)CCC2. The number of benzene rings is 1. The van der Waals surface area contributed by atoms with Crippen LogP contribution in [0, 0.1) is 6.92 Å². The molecule has 0 spiro atoms. The maximum atomic E-state index is 3.25. The Morgan fingerprint density at radius 3 is 1.44 bits per heavy atom. The van der Waals surface area contributed by atoms with Crippen LogP contribution in [-0.2, 0) is 45.6 Å². The van der Waals surface area contributed by atoms with Crippen molar-refractivity contribution in [2.24, 2.45) is 0 Å². The summed E-state index contributed by atoms with van der Waals surface area (Å²) in [6.45, 7) is 13.0. The summed E-state index contributed by atoms with van der Waals surface area (Å²) in [6, 6.07) is 8.74. The van der Waals surface area contributed by atoms with Crippen LogP contribution in [-0.4, -0.2) is 0 Å². The average Bonchev–Trinajstić information content (AvgIpc) is 2.85. The van der Waals surface area contributed by atoms with E-state index in [-0.39, 0.29) is 32.7 Å². The second-order valence-corrected chi connectivity index (χ2v) is 2.62. The van der Waals surface area contributed by atoms with Crippen LogP contribution in [0.15, 0.2) is 24.3 Å². The summed E-state index contributed by atoms with van der Waals surface area (Å²) >= 11 is 0. The number of rotatable bonds is 0. The van der Waals surface area contributed by atoms with Crippen molar-refractivity contribution in [2.75, 3.05) is 0 Å². The van der Waals surface area contributed by atoms with Crippen LogP contribution in [0.25, 0.3) is 0 Å². The van der Waals surface area contributed by atoms with Gasteiger partial charge in [-0.1, -0.05) is 52.0 Å². The Morgan fingerprint density at radius 2 is 1.12 bits per heavy atom.